The molecule has 1 aromatic carbocycles. The van der Waals surface area contributed by atoms with Crippen molar-refractivity contribution in [2.45, 2.75) is 19.8 Å². The average Bonchev–Trinajstić information content (AvgIpc) is 2.26. The summed E-state index contributed by atoms with van der Waals surface area (Å²) in [6, 6.07) is 7.57. The molecule has 0 radical (unpaired) electrons. The van der Waals surface area contributed by atoms with E-state index in [1.807, 2.05) is 24.3 Å². The fourth-order valence-corrected chi connectivity index (χ4v) is 1.35. The molecular formula is C12H15NO2. The van der Waals surface area contributed by atoms with E-state index in [1.165, 1.54) is 0 Å². The van der Waals surface area contributed by atoms with Gasteiger partial charge in [0.2, 0.25) is 0 Å². The van der Waals surface area contributed by atoms with E-state index in [2.05, 4.69) is 13.8 Å². The Labute approximate surface area is 90.2 Å². The topological polar surface area (TPSA) is 42.2 Å². The van der Waals surface area contributed by atoms with Gasteiger partial charge in [-0.1, -0.05) is 13.8 Å². The molecule has 3 heteroatoms. The van der Waals surface area contributed by atoms with Crippen LogP contribution in [0.5, 0.6) is 11.5 Å². The lowest BCUT2D eigenvalue weighted by Gasteiger charge is -2.13. The Morgan fingerprint density at radius 2 is 2.13 bits per heavy atom. The van der Waals surface area contributed by atoms with E-state index in [4.69, 9.17) is 14.7 Å². The fourth-order valence-electron chi connectivity index (χ4n) is 1.35. The smallest absolute Gasteiger partial charge is 0.174 e. The molecule has 3 nitrogen and oxygen atoms in total. The minimum atomic E-state index is 0.0754. The van der Waals surface area contributed by atoms with Crippen molar-refractivity contribution in [2.24, 2.45) is 0 Å². The number of hydrogen-bond acceptors (Lipinski definition) is 3. The van der Waals surface area contributed by atoms with Gasteiger partial charge in [0, 0.05) is 5.56 Å². The van der Waals surface area contributed by atoms with Gasteiger partial charge in [0.1, 0.15) is 17.6 Å². The Bertz CT molecular complexity index is 366. The predicted molar refractivity (Wildman–Crippen MR) is 58.2 cm³/mol. The molecule has 1 aromatic rings. The van der Waals surface area contributed by atoms with Crippen molar-refractivity contribution in [2.75, 3.05) is 13.7 Å². The summed E-state index contributed by atoms with van der Waals surface area (Å²) in [4.78, 5) is 0. The molecule has 0 unspecified atom stereocenters. The maximum atomic E-state index is 8.46. The lowest BCUT2D eigenvalue weighted by Crippen LogP contribution is -1.99. The van der Waals surface area contributed by atoms with E-state index < -0.39 is 0 Å². The number of nitrogens with zero attached hydrogens (tertiary/aromatic N) is 1. The van der Waals surface area contributed by atoms with Gasteiger partial charge >= 0.3 is 0 Å². The molecule has 0 saturated heterocycles. The largest absolute Gasteiger partial charge is 0.497 e. The lowest BCUT2D eigenvalue weighted by molar-refractivity contribution is 0.359. The van der Waals surface area contributed by atoms with Crippen molar-refractivity contribution >= 4 is 0 Å². The maximum Gasteiger partial charge on any atom is 0.174 e. The summed E-state index contributed by atoms with van der Waals surface area (Å²) >= 11 is 0. The minimum absolute atomic E-state index is 0.0754. The molecular weight excluding hydrogens is 190 g/mol. The predicted octanol–water partition coefficient (Wildman–Crippen LogP) is 2.72. The van der Waals surface area contributed by atoms with Crippen molar-refractivity contribution in [3.05, 3.63) is 23.8 Å². The van der Waals surface area contributed by atoms with Gasteiger partial charge in [-0.2, -0.15) is 5.26 Å². The van der Waals surface area contributed by atoms with Crippen LogP contribution in [0, 0.1) is 11.3 Å². The Balaban J connectivity index is 2.99. The zero-order valence-corrected chi connectivity index (χ0v) is 9.28. The molecule has 0 bridgehead atoms. The standard InChI is InChI=1S/C12H15NO2/c1-9(2)11-8-10(14-3)4-5-12(11)15-7-6-13/h4-5,8-9H,7H2,1-3H3. The summed E-state index contributed by atoms with van der Waals surface area (Å²) in [6.45, 7) is 4.23. The first kappa shape index (κ1) is 11.4. The summed E-state index contributed by atoms with van der Waals surface area (Å²) in [6.07, 6.45) is 0. The third-order valence-corrected chi connectivity index (χ3v) is 2.13. The van der Waals surface area contributed by atoms with E-state index in [0.29, 0.717) is 5.92 Å². The quantitative estimate of drug-likeness (QED) is 0.759. The van der Waals surface area contributed by atoms with Crippen LogP contribution in [0.1, 0.15) is 25.3 Å². The highest BCUT2D eigenvalue weighted by molar-refractivity contribution is 5.42. The van der Waals surface area contributed by atoms with Crippen LogP contribution < -0.4 is 9.47 Å². The van der Waals surface area contributed by atoms with Crippen LogP contribution in [0.2, 0.25) is 0 Å². The third-order valence-electron chi connectivity index (χ3n) is 2.13. The Kier molecular flexibility index (Phi) is 3.99. The van der Waals surface area contributed by atoms with E-state index in [1.54, 1.807) is 7.11 Å². The van der Waals surface area contributed by atoms with Gasteiger partial charge in [0.15, 0.2) is 6.61 Å². The molecule has 0 fully saturated rings. The summed E-state index contributed by atoms with van der Waals surface area (Å²) in [5.41, 5.74) is 1.06. The first-order valence-electron chi connectivity index (χ1n) is 4.86. The number of ether oxygens (including phenoxy) is 2. The molecule has 0 aliphatic carbocycles. The van der Waals surface area contributed by atoms with Crippen LogP contribution in [-0.4, -0.2) is 13.7 Å². The van der Waals surface area contributed by atoms with Crippen molar-refractivity contribution < 1.29 is 9.47 Å². The van der Waals surface area contributed by atoms with E-state index in [9.17, 15) is 0 Å². The molecule has 0 heterocycles. The molecule has 0 N–H and O–H groups in total. The molecule has 0 aliphatic rings. The first-order valence-corrected chi connectivity index (χ1v) is 4.86. The number of nitriles is 1. The number of benzene rings is 1. The highest BCUT2D eigenvalue weighted by Crippen LogP contribution is 2.30. The monoisotopic (exact) mass is 205 g/mol. The molecule has 0 saturated carbocycles. The first-order chi connectivity index (χ1) is 7.19. The zero-order valence-electron chi connectivity index (χ0n) is 9.28. The van der Waals surface area contributed by atoms with Crippen molar-refractivity contribution in [3.8, 4) is 17.6 Å². The van der Waals surface area contributed by atoms with Crippen LogP contribution >= 0.6 is 0 Å². The Morgan fingerprint density at radius 1 is 1.40 bits per heavy atom. The third kappa shape index (κ3) is 2.88. The number of rotatable bonds is 4. The molecule has 0 atom stereocenters. The van der Waals surface area contributed by atoms with Gasteiger partial charge in [-0.3, -0.25) is 0 Å². The van der Waals surface area contributed by atoms with Gasteiger partial charge in [-0.25, -0.2) is 0 Å². The van der Waals surface area contributed by atoms with Gasteiger partial charge in [0.05, 0.1) is 7.11 Å². The Morgan fingerprint density at radius 3 is 2.67 bits per heavy atom. The van der Waals surface area contributed by atoms with Gasteiger partial charge < -0.3 is 9.47 Å². The van der Waals surface area contributed by atoms with E-state index in [0.717, 1.165) is 17.1 Å². The van der Waals surface area contributed by atoms with Crippen LogP contribution in [0.15, 0.2) is 18.2 Å². The van der Waals surface area contributed by atoms with Gasteiger partial charge in [-0.15, -0.1) is 0 Å². The van der Waals surface area contributed by atoms with Crippen molar-refractivity contribution in [1.29, 1.82) is 5.26 Å². The molecule has 0 aliphatic heterocycles. The van der Waals surface area contributed by atoms with Crippen LogP contribution in [0.25, 0.3) is 0 Å². The second-order valence-corrected chi connectivity index (χ2v) is 3.51. The second-order valence-electron chi connectivity index (χ2n) is 3.51. The molecule has 0 aromatic heterocycles. The Hall–Kier alpha value is -1.69. The van der Waals surface area contributed by atoms with Gasteiger partial charge in [0.25, 0.3) is 0 Å². The summed E-state index contributed by atoms with van der Waals surface area (Å²) in [7, 11) is 1.63. The summed E-state index contributed by atoms with van der Waals surface area (Å²) in [5.74, 6) is 1.91. The SMILES string of the molecule is COc1ccc(OCC#N)c(C(C)C)c1. The minimum Gasteiger partial charge on any atom is -0.497 e. The van der Waals surface area contributed by atoms with Crippen molar-refractivity contribution in [3.63, 3.8) is 0 Å². The summed E-state index contributed by atoms with van der Waals surface area (Å²) < 4.78 is 10.5. The highest BCUT2D eigenvalue weighted by atomic mass is 16.5. The number of methoxy groups -OCH3 is 1. The average molecular weight is 205 g/mol. The summed E-state index contributed by atoms with van der Waals surface area (Å²) in [5, 5.41) is 8.46. The number of hydrogen-bond donors (Lipinski definition) is 0. The lowest BCUT2D eigenvalue weighted by atomic mass is 10.0. The van der Waals surface area contributed by atoms with E-state index >= 15 is 0 Å². The van der Waals surface area contributed by atoms with Crippen LogP contribution in [0.4, 0.5) is 0 Å². The van der Waals surface area contributed by atoms with Crippen LogP contribution in [-0.2, 0) is 0 Å². The fraction of sp³-hybridized carbons (Fsp3) is 0.417. The van der Waals surface area contributed by atoms with Crippen LogP contribution in [0.3, 0.4) is 0 Å². The van der Waals surface area contributed by atoms with Crippen molar-refractivity contribution in [1.82, 2.24) is 0 Å². The molecule has 0 amide bonds. The van der Waals surface area contributed by atoms with Gasteiger partial charge in [-0.05, 0) is 24.1 Å². The molecule has 1 rings (SSSR count). The highest BCUT2D eigenvalue weighted by Gasteiger charge is 2.09. The zero-order chi connectivity index (χ0) is 11.3. The second kappa shape index (κ2) is 5.26. The molecule has 0 spiro atoms. The maximum absolute atomic E-state index is 8.46. The normalized spacial score (nSPS) is 9.80. The van der Waals surface area contributed by atoms with E-state index in [-0.39, 0.29) is 6.61 Å². The molecule has 15 heavy (non-hydrogen) atoms. The molecule has 80 valence electrons.